The van der Waals surface area contributed by atoms with Crippen molar-refractivity contribution in [2.45, 2.75) is 39.7 Å². The molecule has 1 aliphatic heterocycles. The number of methoxy groups -OCH3 is 2. The highest BCUT2D eigenvalue weighted by atomic mass is 16.5. The van der Waals surface area contributed by atoms with E-state index in [2.05, 4.69) is 11.4 Å². The topological polar surface area (TPSA) is 80.6 Å². The number of benzene rings is 1. The zero-order valence-corrected chi connectivity index (χ0v) is 16.0. The summed E-state index contributed by atoms with van der Waals surface area (Å²) in [6.45, 7) is 7.20. The third kappa shape index (κ3) is 3.67. The Kier molecular flexibility index (Phi) is 5.93. The average molecular weight is 356 g/mol. The number of ether oxygens (including phenoxy) is 3. The number of rotatable bonds is 5. The van der Waals surface area contributed by atoms with Crippen LogP contribution in [0.3, 0.4) is 0 Å². The lowest BCUT2D eigenvalue weighted by atomic mass is 9.80. The molecule has 0 aromatic heterocycles. The van der Waals surface area contributed by atoms with E-state index in [4.69, 9.17) is 14.2 Å². The highest BCUT2D eigenvalue weighted by Gasteiger charge is 2.36. The molecule has 6 nitrogen and oxygen atoms in total. The SMILES string of the molecule is COc1ccc([C@@H]2C(C#N)=C(C)NC(C)=C2C(=O)OC(C)C)c(OC)c1. The van der Waals surface area contributed by atoms with Gasteiger partial charge in [0.05, 0.1) is 43.5 Å². The smallest absolute Gasteiger partial charge is 0.337 e. The van der Waals surface area contributed by atoms with Crippen LogP contribution in [0, 0.1) is 11.3 Å². The number of hydrogen-bond donors (Lipinski definition) is 1. The molecule has 0 fully saturated rings. The van der Waals surface area contributed by atoms with E-state index in [9.17, 15) is 10.1 Å². The average Bonchev–Trinajstić information content (AvgIpc) is 2.59. The van der Waals surface area contributed by atoms with Crippen LogP contribution in [0.1, 0.15) is 39.2 Å². The Labute approximate surface area is 154 Å². The second kappa shape index (κ2) is 7.96. The van der Waals surface area contributed by atoms with Crippen LogP contribution in [-0.2, 0) is 9.53 Å². The van der Waals surface area contributed by atoms with Crippen molar-refractivity contribution in [3.8, 4) is 17.6 Å². The number of nitriles is 1. The van der Waals surface area contributed by atoms with Gasteiger partial charge < -0.3 is 19.5 Å². The summed E-state index contributed by atoms with van der Waals surface area (Å²) in [5, 5.41) is 12.9. The van der Waals surface area contributed by atoms with Crippen molar-refractivity contribution in [1.82, 2.24) is 5.32 Å². The number of esters is 1. The summed E-state index contributed by atoms with van der Waals surface area (Å²) in [5.74, 6) is 0.145. The first-order valence-electron chi connectivity index (χ1n) is 8.35. The second-order valence-electron chi connectivity index (χ2n) is 6.31. The van der Waals surface area contributed by atoms with E-state index in [0.29, 0.717) is 39.6 Å². The minimum Gasteiger partial charge on any atom is -0.497 e. The molecule has 1 heterocycles. The van der Waals surface area contributed by atoms with Crippen molar-refractivity contribution in [2.24, 2.45) is 0 Å². The van der Waals surface area contributed by atoms with Gasteiger partial charge in [-0.25, -0.2) is 4.79 Å². The summed E-state index contributed by atoms with van der Waals surface area (Å²) in [6.07, 6.45) is -0.265. The van der Waals surface area contributed by atoms with Crippen LogP contribution in [0.2, 0.25) is 0 Å². The van der Waals surface area contributed by atoms with Gasteiger partial charge >= 0.3 is 5.97 Å². The molecule has 2 rings (SSSR count). The molecule has 0 saturated carbocycles. The van der Waals surface area contributed by atoms with Crippen molar-refractivity contribution in [3.05, 3.63) is 46.3 Å². The highest BCUT2D eigenvalue weighted by Crippen LogP contribution is 2.43. The fourth-order valence-electron chi connectivity index (χ4n) is 3.06. The fourth-order valence-corrected chi connectivity index (χ4v) is 3.06. The van der Waals surface area contributed by atoms with E-state index < -0.39 is 11.9 Å². The molecule has 0 bridgehead atoms. The highest BCUT2D eigenvalue weighted by molar-refractivity contribution is 5.93. The molecule has 0 saturated heterocycles. The molecule has 0 aliphatic carbocycles. The molecule has 6 heteroatoms. The van der Waals surface area contributed by atoms with Crippen LogP contribution in [0.15, 0.2) is 40.7 Å². The summed E-state index contributed by atoms with van der Waals surface area (Å²) in [5.41, 5.74) is 2.93. The predicted molar refractivity (Wildman–Crippen MR) is 97.7 cm³/mol. The minimum atomic E-state index is -0.576. The predicted octanol–water partition coefficient (Wildman–Crippen LogP) is 3.41. The molecule has 1 atom stereocenters. The largest absolute Gasteiger partial charge is 0.497 e. The van der Waals surface area contributed by atoms with Crippen LogP contribution in [0.25, 0.3) is 0 Å². The summed E-state index contributed by atoms with van der Waals surface area (Å²) in [7, 11) is 3.11. The maximum atomic E-state index is 12.8. The van der Waals surface area contributed by atoms with Crippen molar-refractivity contribution in [1.29, 1.82) is 5.26 Å². The van der Waals surface area contributed by atoms with Crippen molar-refractivity contribution < 1.29 is 19.0 Å². The summed E-state index contributed by atoms with van der Waals surface area (Å²) in [4.78, 5) is 12.8. The molecule has 0 spiro atoms. The van der Waals surface area contributed by atoms with Crippen molar-refractivity contribution in [3.63, 3.8) is 0 Å². The Hall–Kier alpha value is -2.94. The van der Waals surface area contributed by atoms with Gasteiger partial charge in [0.15, 0.2) is 0 Å². The quantitative estimate of drug-likeness (QED) is 0.814. The van der Waals surface area contributed by atoms with Crippen molar-refractivity contribution in [2.75, 3.05) is 14.2 Å². The Morgan fingerprint density at radius 1 is 1.19 bits per heavy atom. The molecule has 0 radical (unpaired) electrons. The minimum absolute atomic E-state index is 0.265. The number of nitrogens with zero attached hydrogens (tertiary/aromatic N) is 1. The van der Waals surface area contributed by atoms with Gasteiger partial charge in [-0.3, -0.25) is 0 Å². The van der Waals surface area contributed by atoms with E-state index in [1.54, 1.807) is 47.1 Å². The van der Waals surface area contributed by atoms with Gasteiger partial charge in [-0.1, -0.05) is 6.07 Å². The van der Waals surface area contributed by atoms with Crippen LogP contribution >= 0.6 is 0 Å². The van der Waals surface area contributed by atoms with E-state index in [-0.39, 0.29) is 6.10 Å². The number of carbonyl (C=O) groups is 1. The Balaban J connectivity index is 2.67. The Morgan fingerprint density at radius 3 is 2.42 bits per heavy atom. The summed E-state index contributed by atoms with van der Waals surface area (Å²) < 4.78 is 16.2. The maximum Gasteiger partial charge on any atom is 0.337 e. The van der Waals surface area contributed by atoms with Gasteiger partial charge in [-0.05, 0) is 33.8 Å². The number of dihydropyridines is 1. The zero-order chi connectivity index (χ0) is 19.4. The molecule has 1 N–H and O–H groups in total. The van der Waals surface area contributed by atoms with E-state index in [1.807, 2.05) is 13.0 Å². The lowest BCUT2D eigenvalue weighted by molar-refractivity contribution is -0.143. The van der Waals surface area contributed by atoms with Crippen LogP contribution < -0.4 is 14.8 Å². The van der Waals surface area contributed by atoms with Crippen LogP contribution in [-0.4, -0.2) is 26.3 Å². The third-order valence-electron chi connectivity index (χ3n) is 4.20. The first kappa shape index (κ1) is 19.4. The molecule has 1 aromatic rings. The van der Waals surface area contributed by atoms with Gasteiger partial charge in [0, 0.05) is 23.0 Å². The first-order chi connectivity index (χ1) is 12.3. The zero-order valence-electron chi connectivity index (χ0n) is 16.0. The van der Waals surface area contributed by atoms with Crippen molar-refractivity contribution >= 4 is 5.97 Å². The molecule has 1 aromatic carbocycles. The molecule has 0 unspecified atom stereocenters. The van der Waals surface area contributed by atoms with E-state index in [1.165, 1.54) is 0 Å². The summed E-state index contributed by atoms with van der Waals surface area (Å²) in [6, 6.07) is 7.56. The molecule has 26 heavy (non-hydrogen) atoms. The van der Waals surface area contributed by atoms with Gasteiger partial charge in [0.25, 0.3) is 0 Å². The lowest BCUT2D eigenvalue weighted by Gasteiger charge is -2.29. The third-order valence-corrected chi connectivity index (χ3v) is 4.20. The monoisotopic (exact) mass is 356 g/mol. The van der Waals surface area contributed by atoms with E-state index >= 15 is 0 Å². The second-order valence-corrected chi connectivity index (χ2v) is 6.31. The standard InChI is InChI=1S/C20H24N2O4/c1-11(2)26-20(23)18-13(4)22-12(3)16(10-21)19(18)15-8-7-14(24-5)9-17(15)25-6/h7-9,11,19,22H,1-6H3/t19-/m1/s1. The maximum absolute atomic E-state index is 12.8. The Morgan fingerprint density at radius 2 is 1.88 bits per heavy atom. The van der Waals surface area contributed by atoms with Gasteiger partial charge in [0.1, 0.15) is 11.5 Å². The number of hydrogen-bond acceptors (Lipinski definition) is 6. The molecular formula is C20H24N2O4. The number of allylic oxidation sites excluding steroid dienone is 3. The first-order valence-corrected chi connectivity index (χ1v) is 8.35. The molecular weight excluding hydrogens is 332 g/mol. The van der Waals surface area contributed by atoms with Gasteiger partial charge in [-0.15, -0.1) is 0 Å². The van der Waals surface area contributed by atoms with E-state index in [0.717, 1.165) is 0 Å². The molecule has 1 aliphatic rings. The van der Waals surface area contributed by atoms with Gasteiger partial charge in [0.2, 0.25) is 0 Å². The molecule has 0 amide bonds. The summed E-state index contributed by atoms with van der Waals surface area (Å²) >= 11 is 0. The lowest BCUT2D eigenvalue weighted by Crippen LogP contribution is -2.29. The number of nitrogens with one attached hydrogen (secondary N) is 1. The normalized spacial score (nSPS) is 16.9. The molecule has 138 valence electrons. The Bertz CT molecular complexity index is 816. The van der Waals surface area contributed by atoms with Gasteiger partial charge in [-0.2, -0.15) is 5.26 Å². The fraction of sp³-hybridized carbons (Fsp3) is 0.400. The van der Waals surface area contributed by atoms with Crippen LogP contribution in [0.5, 0.6) is 11.5 Å². The number of carbonyl (C=O) groups excluding carboxylic acids is 1. The van der Waals surface area contributed by atoms with Crippen LogP contribution in [0.4, 0.5) is 0 Å².